The van der Waals surface area contributed by atoms with Crippen LogP contribution in [-0.4, -0.2) is 38.6 Å². The highest BCUT2D eigenvalue weighted by atomic mass is 15.2. The molecular formula is C18H23N7. The molecular weight excluding hydrogens is 314 g/mol. The minimum atomic E-state index is 0.561. The van der Waals surface area contributed by atoms with Crippen LogP contribution in [0.15, 0.2) is 53.8 Å². The van der Waals surface area contributed by atoms with E-state index in [0.29, 0.717) is 6.54 Å². The van der Waals surface area contributed by atoms with E-state index in [9.17, 15) is 0 Å². The summed E-state index contributed by atoms with van der Waals surface area (Å²) < 4.78 is 2.03. The Bertz CT molecular complexity index is 810. The number of guanidine groups is 1. The Morgan fingerprint density at radius 3 is 2.88 bits per heavy atom. The van der Waals surface area contributed by atoms with Gasteiger partial charge in [-0.15, -0.1) is 10.2 Å². The Labute approximate surface area is 147 Å². The van der Waals surface area contributed by atoms with Crippen LogP contribution < -0.4 is 10.6 Å². The van der Waals surface area contributed by atoms with Gasteiger partial charge in [0.25, 0.3) is 0 Å². The number of nitrogens with zero attached hydrogens (tertiary/aromatic N) is 5. The molecule has 0 aliphatic heterocycles. The van der Waals surface area contributed by atoms with E-state index in [1.165, 1.54) is 0 Å². The fraction of sp³-hybridized carbons (Fsp3) is 0.333. The van der Waals surface area contributed by atoms with Gasteiger partial charge < -0.3 is 10.6 Å². The smallest absolute Gasteiger partial charge is 0.191 e. The lowest BCUT2D eigenvalue weighted by Crippen LogP contribution is -2.37. The third-order valence-electron chi connectivity index (χ3n) is 3.72. The molecule has 0 aliphatic carbocycles. The quantitative estimate of drug-likeness (QED) is 0.390. The van der Waals surface area contributed by atoms with Gasteiger partial charge >= 0.3 is 0 Å². The summed E-state index contributed by atoms with van der Waals surface area (Å²) in [6.45, 7) is 4.25. The molecule has 0 amide bonds. The van der Waals surface area contributed by atoms with Crippen LogP contribution in [0.1, 0.15) is 24.9 Å². The second-order valence-electron chi connectivity index (χ2n) is 5.59. The zero-order chi connectivity index (χ0) is 17.3. The molecule has 0 saturated carbocycles. The van der Waals surface area contributed by atoms with Gasteiger partial charge in [0.05, 0.1) is 12.2 Å². The molecule has 3 heterocycles. The van der Waals surface area contributed by atoms with Crippen molar-refractivity contribution in [2.45, 2.75) is 26.3 Å². The topological polar surface area (TPSA) is 79.5 Å². The van der Waals surface area contributed by atoms with Crippen LogP contribution >= 0.6 is 0 Å². The molecule has 0 fully saturated rings. The van der Waals surface area contributed by atoms with Crippen molar-refractivity contribution in [1.29, 1.82) is 0 Å². The monoisotopic (exact) mass is 337 g/mol. The standard InChI is InChI=1S/C18H23N7/c1-2-19-18(22-14-15-8-3-5-11-20-15)21-12-7-10-17-24-23-16-9-4-6-13-25(16)17/h3-6,8-9,11,13H,2,7,10,12,14H2,1H3,(H2,19,21,22). The van der Waals surface area contributed by atoms with Crippen LogP contribution in [0.3, 0.4) is 0 Å². The van der Waals surface area contributed by atoms with Crippen LogP contribution in [0, 0.1) is 0 Å². The van der Waals surface area contributed by atoms with Crippen molar-refractivity contribution in [2.24, 2.45) is 4.99 Å². The lowest BCUT2D eigenvalue weighted by molar-refractivity contribution is 0.714. The first-order valence-electron chi connectivity index (χ1n) is 8.57. The maximum Gasteiger partial charge on any atom is 0.191 e. The van der Waals surface area contributed by atoms with E-state index < -0.39 is 0 Å². The number of hydrogen-bond donors (Lipinski definition) is 2. The molecule has 3 aromatic heterocycles. The highest BCUT2D eigenvalue weighted by Gasteiger charge is 2.04. The van der Waals surface area contributed by atoms with Gasteiger partial charge in [0.15, 0.2) is 11.6 Å². The van der Waals surface area contributed by atoms with Gasteiger partial charge in [0, 0.05) is 31.9 Å². The highest BCUT2D eigenvalue weighted by Crippen LogP contribution is 2.04. The number of aromatic nitrogens is 4. The zero-order valence-corrected chi connectivity index (χ0v) is 14.4. The molecule has 3 rings (SSSR count). The number of aliphatic imine (C=N–C) groups is 1. The first-order valence-corrected chi connectivity index (χ1v) is 8.57. The lowest BCUT2D eigenvalue weighted by Gasteiger charge is -2.10. The van der Waals surface area contributed by atoms with E-state index in [0.717, 1.165) is 49.1 Å². The van der Waals surface area contributed by atoms with Gasteiger partial charge in [-0.05, 0) is 37.6 Å². The van der Waals surface area contributed by atoms with Gasteiger partial charge in [-0.2, -0.15) is 0 Å². The van der Waals surface area contributed by atoms with Crippen molar-refractivity contribution >= 4 is 11.6 Å². The predicted octanol–water partition coefficient (Wildman–Crippen LogP) is 1.81. The summed E-state index contributed by atoms with van der Waals surface area (Å²) in [7, 11) is 0. The number of nitrogens with one attached hydrogen (secondary N) is 2. The molecule has 0 aromatic carbocycles. The number of rotatable bonds is 7. The predicted molar refractivity (Wildman–Crippen MR) is 98.4 cm³/mol. The Balaban J connectivity index is 1.50. The zero-order valence-electron chi connectivity index (χ0n) is 14.4. The molecule has 0 atom stereocenters. The Morgan fingerprint density at radius 1 is 1.12 bits per heavy atom. The van der Waals surface area contributed by atoms with E-state index in [4.69, 9.17) is 0 Å². The van der Waals surface area contributed by atoms with Crippen LogP contribution in [-0.2, 0) is 13.0 Å². The summed E-state index contributed by atoms with van der Waals surface area (Å²) in [6, 6.07) is 11.8. The molecule has 0 aliphatic rings. The van der Waals surface area contributed by atoms with E-state index >= 15 is 0 Å². The summed E-state index contributed by atoms with van der Waals surface area (Å²) in [5.74, 6) is 1.78. The molecule has 3 aromatic rings. The van der Waals surface area contributed by atoms with E-state index in [2.05, 4.69) is 37.7 Å². The first kappa shape index (κ1) is 16.9. The third kappa shape index (κ3) is 4.76. The molecule has 0 bridgehead atoms. The molecule has 0 radical (unpaired) electrons. The molecule has 25 heavy (non-hydrogen) atoms. The van der Waals surface area contributed by atoms with Gasteiger partial charge in [-0.3, -0.25) is 9.38 Å². The summed E-state index contributed by atoms with van der Waals surface area (Å²) >= 11 is 0. The summed E-state index contributed by atoms with van der Waals surface area (Å²) in [6.07, 6.45) is 5.59. The molecule has 0 unspecified atom stereocenters. The van der Waals surface area contributed by atoms with Crippen molar-refractivity contribution in [3.05, 3.63) is 60.3 Å². The average Bonchev–Trinajstić information content (AvgIpc) is 3.07. The van der Waals surface area contributed by atoms with Crippen LogP contribution in [0.5, 0.6) is 0 Å². The highest BCUT2D eigenvalue weighted by molar-refractivity contribution is 5.79. The van der Waals surface area contributed by atoms with Crippen molar-refractivity contribution in [1.82, 2.24) is 30.2 Å². The number of fused-ring (bicyclic) bond motifs is 1. The van der Waals surface area contributed by atoms with Gasteiger partial charge in [0.2, 0.25) is 0 Å². The SMILES string of the molecule is CCNC(=NCc1ccccn1)NCCCc1nnc2ccccn12. The number of hydrogen-bond acceptors (Lipinski definition) is 4. The minimum absolute atomic E-state index is 0.561. The molecule has 7 heteroatoms. The van der Waals surface area contributed by atoms with Crippen molar-refractivity contribution in [3.8, 4) is 0 Å². The second kappa shape index (κ2) is 8.77. The van der Waals surface area contributed by atoms with Crippen molar-refractivity contribution in [3.63, 3.8) is 0 Å². The largest absolute Gasteiger partial charge is 0.357 e. The number of pyridine rings is 2. The van der Waals surface area contributed by atoms with Crippen molar-refractivity contribution in [2.75, 3.05) is 13.1 Å². The van der Waals surface area contributed by atoms with Crippen LogP contribution in [0.4, 0.5) is 0 Å². The maximum atomic E-state index is 4.57. The summed E-state index contributed by atoms with van der Waals surface area (Å²) in [4.78, 5) is 8.86. The number of aryl methyl sites for hydroxylation is 1. The van der Waals surface area contributed by atoms with Crippen LogP contribution in [0.25, 0.3) is 5.65 Å². The van der Waals surface area contributed by atoms with E-state index in [1.54, 1.807) is 6.20 Å². The normalized spacial score (nSPS) is 11.6. The minimum Gasteiger partial charge on any atom is -0.357 e. The van der Waals surface area contributed by atoms with Crippen molar-refractivity contribution < 1.29 is 0 Å². The third-order valence-corrected chi connectivity index (χ3v) is 3.72. The molecule has 7 nitrogen and oxygen atoms in total. The Morgan fingerprint density at radius 2 is 2.04 bits per heavy atom. The van der Waals surface area contributed by atoms with Gasteiger partial charge in [0.1, 0.15) is 5.82 Å². The molecule has 2 N–H and O–H groups in total. The fourth-order valence-electron chi connectivity index (χ4n) is 2.51. The Kier molecular flexibility index (Phi) is 5.92. The average molecular weight is 337 g/mol. The molecule has 0 saturated heterocycles. The van der Waals surface area contributed by atoms with Gasteiger partial charge in [-0.25, -0.2) is 4.99 Å². The van der Waals surface area contributed by atoms with E-state index in [-0.39, 0.29) is 0 Å². The molecule has 130 valence electrons. The Hall–Kier alpha value is -2.96. The van der Waals surface area contributed by atoms with Gasteiger partial charge in [-0.1, -0.05) is 12.1 Å². The first-order chi connectivity index (χ1) is 12.4. The van der Waals surface area contributed by atoms with Crippen LogP contribution in [0.2, 0.25) is 0 Å². The fourth-order valence-corrected chi connectivity index (χ4v) is 2.51. The summed E-state index contributed by atoms with van der Waals surface area (Å²) in [5, 5.41) is 15.0. The second-order valence-corrected chi connectivity index (χ2v) is 5.59. The lowest BCUT2D eigenvalue weighted by atomic mass is 10.3. The maximum absolute atomic E-state index is 4.57. The van der Waals surface area contributed by atoms with E-state index in [1.807, 2.05) is 47.0 Å². The molecule has 0 spiro atoms. The summed E-state index contributed by atoms with van der Waals surface area (Å²) in [5.41, 5.74) is 1.84.